The summed E-state index contributed by atoms with van der Waals surface area (Å²) in [5.74, 6) is -0.336. The smallest absolute Gasteiger partial charge is 0.223 e. The van der Waals surface area contributed by atoms with Crippen LogP contribution in [0.4, 0.5) is 4.39 Å². The molecular formula is C17H24FNO2. The van der Waals surface area contributed by atoms with E-state index < -0.39 is 0 Å². The molecule has 0 aliphatic rings. The first-order valence-electron chi connectivity index (χ1n) is 7.15. The number of rotatable bonds is 7. The summed E-state index contributed by atoms with van der Waals surface area (Å²) >= 11 is 0. The van der Waals surface area contributed by atoms with Crippen LogP contribution in [0, 0.1) is 11.2 Å². The van der Waals surface area contributed by atoms with Crippen LogP contribution in [0.25, 0.3) is 6.08 Å². The second-order valence-electron chi connectivity index (χ2n) is 6.15. The Labute approximate surface area is 125 Å². The predicted molar refractivity (Wildman–Crippen MR) is 83.1 cm³/mol. The quantitative estimate of drug-likeness (QED) is 0.811. The Bertz CT molecular complexity index is 478. The molecular weight excluding hydrogens is 269 g/mol. The largest absolute Gasteiger partial charge is 0.393 e. The molecule has 0 aromatic heterocycles. The van der Waals surface area contributed by atoms with Gasteiger partial charge in [-0.1, -0.05) is 38.1 Å². The van der Waals surface area contributed by atoms with E-state index in [0.717, 1.165) is 5.56 Å². The lowest BCUT2D eigenvalue weighted by atomic mass is 9.87. The Hall–Kier alpha value is -1.68. The number of aliphatic hydroxyl groups is 1. The van der Waals surface area contributed by atoms with Crippen LogP contribution >= 0.6 is 0 Å². The third-order valence-corrected chi connectivity index (χ3v) is 3.10. The molecule has 0 radical (unpaired) electrons. The van der Waals surface area contributed by atoms with Crippen molar-refractivity contribution in [3.8, 4) is 0 Å². The molecule has 0 fully saturated rings. The molecule has 1 aromatic carbocycles. The van der Waals surface area contributed by atoms with E-state index in [0.29, 0.717) is 13.0 Å². The highest BCUT2D eigenvalue weighted by Crippen LogP contribution is 2.21. The van der Waals surface area contributed by atoms with E-state index >= 15 is 0 Å². The number of carbonyl (C=O) groups is 1. The van der Waals surface area contributed by atoms with E-state index in [2.05, 4.69) is 5.32 Å². The van der Waals surface area contributed by atoms with Gasteiger partial charge in [0.25, 0.3) is 0 Å². The molecule has 0 saturated heterocycles. The number of benzene rings is 1. The third kappa shape index (κ3) is 7.61. The average molecular weight is 293 g/mol. The molecule has 0 heterocycles. The van der Waals surface area contributed by atoms with Crippen molar-refractivity contribution in [2.45, 2.75) is 39.7 Å². The molecule has 1 atom stereocenters. The van der Waals surface area contributed by atoms with E-state index in [1.807, 2.05) is 13.8 Å². The molecule has 1 aromatic rings. The highest BCUT2D eigenvalue weighted by molar-refractivity contribution is 5.78. The zero-order valence-electron chi connectivity index (χ0n) is 12.9. The van der Waals surface area contributed by atoms with Gasteiger partial charge in [0.1, 0.15) is 5.82 Å². The first kappa shape index (κ1) is 17.4. The number of hydrogen-bond donors (Lipinski definition) is 2. The molecule has 1 amide bonds. The van der Waals surface area contributed by atoms with Gasteiger partial charge in [-0.25, -0.2) is 4.39 Å². The van der Waals surface area contributed by atoms with E-state index in [4.69, 9.17) is 0 Å². The lowest BCUT2D eigenvalue weighted by Crippen LogP contribution is -2.35. The van der Waals surface area contributed by atoms with Crippen molar-refractivity contribution in [2.75, 3.05) is 6.54 Å². The molecule has 2 N–H and O–H groups in total. The number of carbonyl (C=O) groups excluding carboxylic acids is 1. The van der Waals surface area contributed by atoms with E-state index in [1.54, 1.807) is 31.2 Å². The van der Waals surface area contributed by atoms with Crippen molar-refractivity contribution in [1.82, 2.24) is 5.32 Å². The van der Waals surface area contributed by atoms with Gasteiger partial charge >= 0.3 is 0 Å². The molecule has 0 aliphatic carbocycles. The Morgan fingerprint density at radius 2 is 2.00 bits per heavy atom. The molecule has 21 heavy (non-hydrogen) atoms. The summed E-state index contributed by atoms with van der Waals surface area (Å²) in [7, 11) is 0. The van der Waals surface area contributed by atoms with Gasteiger partial charge in [0.2, 0.25) is 5.91 Å². The lowest BCUT2D eigenvalue weighted by molar-refractivity contribution is -0.120. The molecule has 0 spiro atoms. The lowest BCUT2D eigenvalue weighted by Gasteiger charge is -2.26. The fraction of sp³-hybridized carbons (Fsp3) is 0.471. The van der Waals surface area contributed by atoms with E-state index in [-0.39, 0.29) is 29.7 Å². The van der Waals surface area contributed by atoms with E-state index in [1.165, 1.54) is 12.1 Å². The summed E-state index contributed by atoms with van der Waals surface area (Å²) in [6, 6.07) is 6.10. The third-order valence-electron chi connectivity index (χ3n) is 3.10. The van der Waals surface area contributed by atoms with Crippen LogP contribution < -0.4 is 5.32 Å². The highest BCUT2D eigenvalue weighted by atomic mass is 19.1. The summed E-state index contributed by atoms with van der Waals surface area (Å²) in [4.78, 5) is 11.7. The second kappa shape index (κ2) is 7.93. The molecule has 1 unspecified atom stereocenters. The minimum Gasteiger partial charge on any atom is -0.393 e. The molecule has 0 aliphatic heterocycles. The molecule has 4 heteroatoms. The predicted octanol–water partition coefficient (Wildman–Crippen LogP) is 3.14. The molecule has 1 rings (SSSR count). The van der Waals surface area contributed by atoms with Crippen molar-refractivity contribution in [2.24, 2.45) is 5.41 Å². The Morgan fingerprint density at radius 3 is 2.57 bits per heavy atom. The first-order chi connectivity index (χ1) is 9.78. The summed E-state index contributed by atoms with van der Waals surface area (Å²) in [6.07, 6.45) is 4.08. The Balaban J connectivity index is 2.35. The number of hydrogen-bond acceptors (Lipinski definition) is 2. The van der Waals surface area contributed by atoms with Crippen LogP contribution in [0.3, 0.4) is 0 Å². The minimum atomic E-state index is -0.379. The van der Waals surface area contributed by atoms with Crippen molar-refractivity contribution < 1.29 is 14.3 Å². The molecule has 0 bridgehead atoms. The van der Waals surface area contributed by atoms with Crippen LogP contribution in [0.1, 0.15) is 39.2 Å². The van der Waals surface area contributed by atoms with Gasteiger partial charge in [-0.15, -0.1) is 0 Å². The van der Waals surface area contributed by atoms with Gasteiger partial charge in [0, 0.05) is 13.0 Å². The Morgan fingerprint density at radius 1 is 1.38 bits per heavy atom. The van der Waals surface area contributed by atoms with Gasteiger partial charge in [-0.3, -0.25) is 4.79 Å². The topological polar surface area (TPSA) is 49.3 Å². The normalized spacial score (nSPS) is 13.4. The van der Waals surface area contributed by atoms with Crippen molar-refractivity contribution in [3.63, 3.8) is 0 Å². The maximum Gasteiger partial charge on any atom is 0.223 e. The van der Waals surface area contributed by atoms with Crippen molar-refractivity contribution >= 4 is 12.0 Å². The summed E-state index contributed by atoms with van der Waals surface area (Å²) in [5, 5.41) is 12.3. The maximum absolute atomic E-state index is 12.7. The molecule has 0 saturated carbocycles. The summed E-state index contributed by atoms with van der Waals surface area (Å²) in [5.41, 5.74) is 0.725. The van der Waals surface area contributed by atoms with Crippen LogP contribution in [0.5, 0.6) is 0 Å². The number of halogens is 1. The first-order valence-corrected chi connectivity index (χ1v) is 7.15. The fourth-order valence-electron chi connectivity index (χ4n) is 2.16. The van der Waals surface area contributed by atoms with Crippen molar-refractivity contribution in [3.05, 3.63) is 41.7 Å². The average Bonchev–Trinajstić information content (AvgIpc) is 2.37. The molecule has 116 valence electrons. The summed E-state index contributed by atoms with van der Waals surface area (Å²) < 4.78 is 12.7. The fourth-order valence-corrected chi connectivity index (χ4v) is 2.16. The SMILES string of the molecule is CC(O)CC(C)(C)CNC(=O)CC=Cc1ccc(F)cc1. The van der Waals surface area contributed by atoms with E-state index in [9.17, 15) is 14.3 Å². The van der Waals surface area contributed by atoms with Crippen molar-refractivity contribution in [1.29, 1.82) is 0 Å². The second-order valence-corrected chi connectivity index (χ2v) is 6.15. The van der Waals surface area contributed by atoms with Crippen LogP contribution in [-0.4, -0.2) is 23.7 Å². The van der Waals surface area contributed by atoms with Gasteiger partial charge in [-0.2, -0.15) is 0 Å². The standard InChI is InChI=1S/C17H24FNO2/c1-13(20)11-17(2,3)12-19-16(21)6-4-5-14-7-9-15(18)10-8-14/h4-5,7-10,13,20H,6,11-12H2,1-3H3,(H,19,21). The number of aliphatic hydroxyl groups excluding tert-OH is 1. The summed E-state index contributed by atoms with van der Waals surface area (Å²) in [6.45, 7) is 6.29. The zero-order chi connectivity index (χ0) is 15.9. The van der Waals surface area contributed by atoms with Crippen LogP contribution in [0.2, 0.25) is 0 Å². The van der Waals surface area contributed by atoms with Crippen LogP contribution in [-0.2, 0) is 4.79 Å². The van der Waals surface area contributed by atoms with Gasteiger partial charge < -0.3 is 10.4 Å². The highest BCUT2D eigenvalue weighted by Gasteiger charge is 2.20. The monoisotopic (exact) mass is 293 g/mol. The molecule has 3 nitrogen and oxygen atoms in total. The van der Waals surface area contributed by atoms with Gasteiger partial charge in [-0.05, 0) is 36.5 Å². The van der Waals surface area contributed by atoms with Gasteiger partial charge in [0.05, 0.1) is 6.10 Å². The zero-order valence-corrected chi connectivity index (χ0v) is 12.9. The number of amides is 1. The minimum absolute atomic E-state index is 0.0629. The number of nitrogens with one attached hydrogen (secondary N) is 1. The van der Waals surface area contributed by atoms with Crippen LogP contribution in [0.15, 0.2) is 30.3 Å². The maximum atomic E-state index is 12.7. The van der Waals surface area contributed by atoms with Gasteiger partial charge in [0.15, 0.2) is 0 Å². The Kier molecular flexibility index (Phi) is 6.56.